The molecule has 0 radical (unpaired) electrons. The van der Waals surface area contributed by atoms with Gasteiger partial charge < -0.3 is 22.5 Å². The lowest BCUT2D eigenvalue weighted by molar-refractivity contribution is -0.122. The molecular formula is C20H32ClN2O2-. The summed E-state index contributed by atoms with van der Waals surface area (Å²) in [6.07, 6.45) is 4.09. The van der Waals surface area contributed by atoms with Gasteiger partial charge in [0, 0.05) is 25.2 Å². The van der Waals surface area contributed by atoms with E-state index in [9.17, 15) is 4.79 Å². The molecule has 142 valence electrons. The quantitative estimate of drug-likeness (QED) is 0.667. The molecule has 1 fully saturated rings. The smallest absolute Gasteiger partial charge is 0.234 e. The van der Waals surface area contributed by atoms with Crippen LogP contribution < -0.4 is 17.7 Å². The Morgan fingerprint density at radius 1 is 1.12 bits per heavy atom. The van der Waals surface area contributed by atoms with Crippen molar-refractivity contribution in [2.24, 2.45) is 0 Å². The van der Waals surface area contributed by atoms with Gasteiger partial charge in [-0.05, 0) is 44.3 Å². The van der Waals surface area contributed by atoms with Crippen molar-refractivity contribution in [2.45, 2.75) is 44.9 Å². The fraction of sp³-hybridized carbons (Fsp3) is 0.650. The Labute approximate surface area is 158 Å². The fourth-order valence-corrected chi connectivity index (χ4v) is 3.55. The maximum Gasteiger partial charge on any atom is 0.234 e. The molecule has 2 rings (SSSR count). The van der Waals surface area contributed by atoms with Crippen LogP contribution in [0.5, 0.6) is 0 Å². The zero-order valence-electron chi connectivity index (χ0n) is 15.6. The van der Waals surface area contributed by atoms with E-state index in [0.29, 0.717) is 13.1 Å². The molecule has 1 heterocycles. The highest BCUT2D eigenvalue weighted by atomic mass is 35.5. The molecule has 1 aromatic carbocycles. The minimum absolute atomic E-state index is 0. The molecule has 0 spiro atoms. The maximum atomic E-state index is 12.4. The summed E-state index contributed by atoms with van der Waals surface area (Å²) in [5.41, 5.74) is 1.32. The second-order valence-corrected chi connectivity index (χ2v) is 6.81. The van der Waals surface area contributed by atoms with Crippen LogP contribution in [0.15, 0.2) is 30.3 Å². The Hall–Kier alpha value is -1.10. The van der Waals surface area contributed by atoms with Gasteiger partial charge >= 0.3 is 0 Å². The van der Waals surface area contributed by atoms with Crippen molar-refractivity contribution < 1.29 is 21.9 Å². The normalized spacial score (nSPS) is 16.3. The molecule has 0 unspecified atom stereocenters. The highest BCUT2D eigenvalue weighted by Gasteiger charge is 2.34. The van der Waals surface area contributed by atoms with Gasteiger partial charge in [-0.2, -0.15) is 0 Å². The number of halogens is 1. The first-order valence-corrected chi connectivity index (χ1v) is 9.32. The Bertz CT molecular complexity index is 484. The minimum atomic E-state index is 0. The van der Waals surface area contributed by atoms with Gasteiger partial charge in [0.15, 0.2) is 0 Å². The van der Waals surface area contributed by atoms with Crippen LogP contribution in [-0.2, 0) is 14.9 Å². The number of nitrogens with one attached hydrogen (secondary N) is 1. The van der Waals surface area contributed by atoms with Crippen LogP contribution in [0.25, 0.3) is 0 Å². The predicted molar refractivity (Wildman–Crippen MR) is 98.2 cm³/mol. The van der Waals surface area contributed by atoms with E-state index >= 15 is 0 Å². The molecule has 25 heavy (non-hydrogen) atoms. The number of hydrogen-bond donors (Lipinski definition) is 1. The summed E-state index contributed by atoms with van der Waals surface area (Å²) in [6, 6.07) is 10.6. The summed E-state index contributed by atoms with van der Waals surface area (Å²) in [4.78, 5) is 14.7. The van der Waals surface area contributed by atoms with Gasteiger partial charge in [0.2, 0.25) is 5.91 Å². The van der Waals surface area contributed by atoms with E-state index in [-0.39, 0.29) is 23.7 Å². The molecule has 0 atom stereocenters. The molecule has 1 aliphatic rings. The van der Waals surface area contributed by atoms with E-state index in [2.05, 4.69) is 48.3 Å². The summed E-state index contributed by atoms with van der Waals surface area (Å²) < 4.78 is 5.56. The lowest BCUT2D eigenvalue weighted by Crippen LogP contribution is -3.00. The lowest BCUT2D eigenvalue weighted by atomic mass is 9.74. The molecule has 1 aliphatic heterocycles. The van der Waals surface area contributed by atoms with E-state index in [4.69, 9.17) is 4.74 Å². The van der Waals surface area contributed by atoms with Crippen LogP contribution in [-0.4, -0.2) is 50.2 Å². The van der Waals surface area contributed by atoms with Crippen molar-refractivity contribution in [3.05, 3.63) is 35.9 Å². The highest BCUT2D eigenvalue weighted by Crippen LogP contribution is 2.34. The molecule has 1 amide bonds. The van der Waals surface area contributed by atoms with Crippen molar-refractivity contribution in [3.63, 3.8) is 0 Å². The van der Waals surface area contributed by atoms with E-state index in [1.807, 2.05) is 6.07 Å². The predicted octanol–water partition coefficient (Wildman–Crippen LogP) is -0.0230. The van der Waals surface area contributed by atoms with Gasteiger partial charge in [-0.1, -0.05) is 44.2 Å². The zero-order chi connectivity index (χ0) is 17.3. The van der Waals surface area contributed by atoms with Gasteiger partial charge in [-0.25, -0.2) is 0 Å². The van der Waals surface area contributed by atoms with E-state index in [0.717, 1.165) is 52.0 Å². The van der Waals surface area contributed by atoms with E-state index in [1.54, 1.807) is 0 Å². The third-order valence-electron chi connectivity index (χ3n) is 4.91. The topological polar surface area (TPSA) is 41.6 Å². The average molecular weight is 368 g/mol. The van der Waals surface area contributed by atoms with Crippen molar-refractivity contribution in [1.29, 1.82) is 0 Å². The van der Waals surface area contributed by atoms with Crippen molar-refractivity contribution in [1.82, 2.24) is 10.2 Å². The Morgan fingerprint density at radius 3 is 2.28 bits per heavy atom. The largest absolute Gasteiger partial charge is 1.00 e. The fourth-order valence-electron chi connectivity index (χ4n) is 3.55. The van der Waals surface area contributed by atoms with Crippen LogP contribution in [0, 0.1) is 0 Å². The minimum Gasteiger partial charge on any atom is -1.00 e. The molecule has 0 aliphatic carbocycles. The monoisotopic (exact) mass is 367 g/mol. The molecular weight excluding hydrogens is 336 g/mol. The van der Waals surface area contributed by atoms with Crippen LogP contribution in [0.1, 0.15) is 45.1 Å². The number of carbonyl (C=O) groups is 1. The second-order valence-electron chi connectivity index (χ2n) is 6.81. The number of ether oxygens (including phenoxy) is 1. The molecule has 5 heteroatoms. The Balaban J connectivity index is 0.00000312. The highest BCUT2D eigenvalue weighted by molar-refractivity contribution is 5.78. The number of hydrogen-bond acceptors (Lipinski definition) is 3. The first kappa shape index (κ1) is 21.9. The van der Waals surface area contributed by atoms with E-state index in [1.165, 1.54) is 5.56 Å². The summed E-state index contributed by atoms with van der Waals surface area (Å²) in [5, 5.41) is 3.20. The van der Waals surface area contributed by atoms with Crippen LogP contribution in [0.2, 0.25) is 0 Å². The Morgan fingerprint density at radius 2 is 1.72 bits per heavy atom. The standard InChI is InChI=1S/C20H32N2O2.ClH/c1-3-12-22(13-4-2)16-19(23)21-17-20(10-14-24-15-11-20)18-8-6-5-7-9-18;/h5-9H,3-4,10-17H2,1-2H3,(H,21,23);1H/p-1. The number of nitrogens with zero attached hydrogens (tertiary/aromatic N) is 1. The van der Waals surface area contributed by atoms with Crippen LogP contribution in [0.4, 0.5) is 0 Å². The Kier molecular flexibility index (Phi) is 10.1. The molecule has 1 N–H and O–H groups in total. The van der Waals surface area contributed by atoms with Gasteiger partial charge in [0.25, 0.3) is 0 Å². The van der Waals surface area contributed by atoms with Gasteiger partial charge in [0.1, 0.15) is 0 Å². The summed E-state index contributed by atoms with van der Waals surface area (Å²) >= 11 is 0. The van der Waals surface area contributed by atoms with E-state index < -0.39 is 0 Å². The van der Waals surface area contributed by atoms with Gasteiger partial charge in [0.05, 0.1) is 6.54 Å². The number of amides is 1. The first-order valence-electron chi connectivity index (χ1n) is 9.32. The summed E-state index contributed by atoms with van der Waals surface area (Å²) in [7, 11) is 0. The average Bonchev–Trinajstić information content (AvgIpc) is 2.62. The molecule has 1 saturated heterocycles. The number of rotatable bonds is 9. The SMILES string of the molecule is CCCN(CCC)CC(=O)NCC1(c2ccccc2)CCOCC1.[Cl-]. The molecule has 1 aromatic rings. The number of carbonyl (C=O) groups excluding carboxylic acids is 1. The third kappa shape index (κ3) is 6.61. The zero-order valence-corrected chi connectivity index (χ0v) is 16.4. The van der Waals surface area contributed by atoms with Gasteiger partial charge in [-0.15, -0.1) is 0 Å². The molecule has 0 bridgehead atoms. The second kappa shape index (κ2) is 11.5. The van der Waals surface area contributed by atoms with Crippen LogP contribution in [0.3, 0.4) is 0 Å². The third-order valence-corrected chi connectivity index (χ3v) is 4.91. The summed E-state index contributed by atoms with van der Waals surface area (Å²) in [6.45, 7) is 9.03. The van der Waals surface area contributed by atoms with Crippen molar-refractivity contribution in [3.8, 4) is 0 Å². The number of benzene rings is 1. The molecule has 0 aromatic heterocycles. The molecule has 4 nitrogen and oxygen atoms in total. The lowest BCUT2D eigenvalue weighted by Gasteiger charge is -2.38. The van der Waals surface area contributed by atoms with Gasteiger partial charge in [-0.3, -0.25) is 9.69 Å². The maximum absolute atomic E-state index is 12.4. The van der Waals surface area contributed by atoms with Crippen molar-refractivity contribution >= 4 is 5.91 Å². The van der Waals surface area contributed by atoms with Crippen LogP contribution >= 0.6 is 0 Å². The first-order chi connectivity index (χ1) is 11.7. The summed E-state index contributed by atoms with van der Waals surface area (Å²) in [5.74, 6) is 0.138. The van der Waals surface area contributed by atoms with Crippen molar-refractivity contribution in [2.75, 3.05) is 39.4 Å². The molecule has 0 saturated carbocycles.